The number of methoxy groups -OCH3 is 1. The molecule has 0 amide bonds. The lowest BCUT2D eigenvalue weighted by Crippen LogP contribution is -2.19. The quantitative estimate of drug-likeness (QED) is 0.745. The highest BCUT2D eigenvalue weighted by Gasteiger charge is 2.05. The van der Waals surface area contributed by atoms with Gasteiger partial charge in [0.05, 0.1) is 6.61 Å². The van der Waals surface area contributed by atoms with E-state index in [-0.39, 0.29) is 0 Å². The predicted molar refractivity (Wildman–Crippen MR) is 77.6 cm³/mol. The fourth-order valence-corrected chi connectivity index (χ4v) is 1.87. The number of benzene rings is 1. The number of aryl methyl sites for hydroxylation is 1. The molecule has 1 aromatic heterocycles. The summed E-state index contributed by atoms with van der Waals surface area (Å²) in [7, 11) is 3.66. The second-order valence-corrected chi connectivity index (χ2v) is 4.52. The van der Waals surface area contributed by atoms with Gasteiger partial charge in [0.2, 0.25) is 0 Å². The van der Waals surface area contributed by atoms with Crippen LogP contribution in [0.2, 0.25) is 0 Å². The van der Waals surface area contributed by atoms with Gasteiger partial charge >= 0.3 is 0 Å². The van der Waals surface area contributed by atoms with E-state index in [9.17, 15) is 0 Å². The Kier molecular flexibility index (Phi) is 5.58. The van der Waals surface area contributed by atoms with Gasteiger partial charge in [0.1, 0.15) is 18.2 Å². The minimum atomic E-state index is 0.471. The van der Waals surface area contributed by atoms with Crippen molar-refractivity contribution in [3.63, 3.8) is 0 Å². The largest absolute Gasteiger partial charge is 0.485 e. The Hall–Kier alpha value is -1.85. The van der Waals surface area contributed by atoms with Gasteiger partial charge in [0.25, 0.3) is 0 Å². The third-order valence-corrected chi connectivity index (χ3v) is 3.05. The third kappa shape index (κ3) is 4.08. The van der Waals surface area contributed by atoms with Gasteiger partial charge in [-0.3, -0.25) is 0 Å². The molecule has 0 saturated carbocycles. The van der Waals surface area contributed by atoms with E-state index in [0.717, 1.165) is 30.2 Å². The van der Waals surface area contributed by atoms with Crippen molar-refractivity contribution in [1.29, 1.82) is 0 Å². The smallest absolute Gasteiger partial charge is 0.146 e. The summed E-state index contributed by atoms with van der Waals surface area (Å²) >= 11 is 0. The minimum absolute atomic E-state index is 0.471. The molecule has 0 aliphatic heterocycles. The van der Waals surface area contributed by atoms with E-state index in [4.69, 9.17) is 9.47 Å². The van der Waals surface area contributed by atoms with E-state index < -0.39 is 0 Å². The summed E-state index contributed by atoms with van der Waals surface area (Å²) in [5, 5.41) is 3.32. The first-order valence-corrected chi connectivity index (χ1v) is 6.68. The van der Waals surface area contributed by atoms with Gasteiger partial charge in [-0.15, -0.1) is 0 Å². The SMILES string of the molecule is COCCNCc1ccccc1OCc1nccn1C. The maximum Gasteiger partial charge on any atom is 0.146 e. The second kappa shape index (κ2) is 7.67. The molecule has 0 bridgehead atoms. The molecule has 0 spiro atoms. The maximum atomic E-state index is 5.86. The summed E-state index contributed by atoms with van der Waals surface area (Å²) < 4.78 is 12.8. The summed E-state index contributed by atoms with van der Waals surface area (Å²) in [5.74, 6) is 1.80. The highest BCUT2D eigenvalue weighted by Crippen LogP contribution is 2.18. The molecule has 0 saturated heterocycles. The molecule has 1 aromatic carbocycles. The van der Waals surface area contributed by atoms with E-state index in [2.05, 4.69) is 16.4 Å². The van der Waals surface area contributed by atoms with Gasteiger partial charge in [-0.25, -0.2) is 4.98 Å². The van der Waals surface area contributed by atoms with Crippen LogP contribution in [0, 0.1) is 0 Å². The average Bonchev–Trinajstić information content (AvgIpc) is 2.88. The first-order valence-electron chi connectivity index (χ1n) is 6.68. The molecule has 5 heteroatoms. The predicted octanol–water partition coefficient (Wildman–Crippen LogP) is 1.74. The minimum Gasteiger partial charge on any atom is -0.485 e. The number of aromatic nitrogens is 2. The van der Waals surface area contributed by atoms with Crippen LogP contribution in [-0.2, 0) is 24.9 Å². The number of hydrogen-bond donors (Lipinski definition) is 1. The van der Waals surface area contributed by atoms with Crippen molar-refractivity contribution in [2.24, 2.45) is 7.05 Å². The fraction of sp³-hybridized carbons (Fsp3) is 0.400. The summed E-state index contributed by atoms with van der Waals surface area (Å²) in [5.41, 5.74) is 1.14. The van der Waals surface area contributed by atoms with Crippen LogP contribution in [0.3, 0.4) is 0 Å². The number of nitrogens with one attached hydrogen (secondary N) is 1. The summed E-state index contributed by atoms with van der Waals surface area (Å²) in [4.78, 5) is 4.25. The lowest BCUT2D eigenvalue weighted by molar-refractivity contribution is 0.199. The Morgan fingerprint density at radius 1 is 1.30 bits per heavy atom. The van der Waals surface area contributed by atoms with Gasteiger partial charge in [-0.2, -0.15) is 0 Å². The Bertz CT molecular complexity index is 525. The van der Waals surface area contributed by atoms with Gasteiger partial charge in [0, 0.05) is 45.2 Å². The number of hydrogen-bond acceptors (Lipinski definition) is 4. The molecular formula is C15H21N3O2. The van der Waals surface area contributed by atoms with Crippen LogP contribution in [0.5, 0.6) is 5.75 Å². The van der Waals surface area contributed by atoms with Gasteiger partial charge < -0.3 is 19.4 Å². The molecule has 108 valence electrons. The van der Waals surface area contributed by atoms with E-state index >= 15 is 0 Å². The Balaban J connectivity index is 1.92. The van der Waals surface area contributed by atoms with Crippen molar-refractivity contribution < 1.29 is 9.47 Å². The van der Waals surface area contributed by atoms with Crippen molar-refractivity contribution in [3.05, 3.63) is 48.0 Å². The molecule has 0 unspecified atom stereocenters. The van der Waals surface area contributed by atoms with Crippen molar-refractivity contribution in [2.45, 2.75) is 13.2 Å². The highest BCUT2D eigenvalue weighted by atomic mass is 16.5. The first kappa shape index (κ1) is 14.6. The molecule has 1 N–H and O–H groups in total. The zero-order valence-electron chi connectivity index (χ0n) is 12.0. The second-order valence-electron chi connectivity index (χ2n) is 4.52. The van der Waals surface area contributed by atoms with Gasteiger partial charge in [-0.05, 0) is 6.07 Å². The van der Waals surface area contributed by atoms with Gasteiger partial charge in [-0.1, -0.05) is 18.2 Å². The first-order chi connectivity index (χ1) is 9.81. The van der Waals surface area contributed by atoms with Crippen LogP contribution in [0.25, 0.3) is 0 Å². The van der Waals surface area contributed by atoms with Crippen molar-refractivity contribution in [2.75, 3.05) is 20.3 Å². The van der Waals surface area contributed by atoms with E-state index in [0.29, 0.717) is 13.2 Å². The maximum absolute atomic E-state index is 5.86. The van der Waals surface area contributed by atoms with Crippen LogP contribution in [0.4, 0.5) is 0 Å². The average molecular weight is 275 g/mol. The zero-order valence-corrected chi connectivity index (χ0v) is 12.0. The van der Waals surface area contributed by atoms with Crippen LogP contribution < -0.4 is 10.1 Å². The Morgan fingerprint density at radius 3 is 2.90 bits per heavy atom. The Labute approximate surface area is 119 Å². The molecule has 1 heterocycles. The molecule has 0 atom stereocenters. The summed E-state index contributed by atoms with van der Waals surface area (Å²) in [6, 6.07) is 8.04. The number of ether oxygens (including phenoxy) is 2. The van der Waals surface area contributed by atoms with Crippen LogP contribution >= 0.6 is 0 Å². The standard InChI is InChI=1S/C15H21N3O2/c1-18-9-7-17-15(18)12-20-14-6-4-3-5-13(14)11-16-8-10-19-2/h3-7,9,16H,8,10-12H2,1-2H3. The van der Waals surface area contributed by atoms with Crippen molar-refractivity contribution >= 4 is 0 Å². The number of rotatable bonds is 8. The fourth-order valence-electron chi connectivity index (χ4n) is 1.87. The lowest BCUT2D eigenvalue weighted by atomic mass is 10.2. The topological polar surface area (TPSA) is 48.3 Å². The third-order valence-electron chi connectivity index (χ3n) is 3.05. The number of imidazole rings is 1. The van der Waals surface area contributed by atoms with Crippen LogP contribution in [0.1, 0.15) is 11.4 Å². The molecule has 0 aliphatic carbocycles. The van der Waals surface area contributed by atoms with Crippen molar-refractivity contribution in [1.82, 2.24) is 14.9 Å². The van der Waals surface area contributed by atoms with Crippen LogP contribution in [0.15, 0.2) is 36.7 Å². The van der Waals surface area contributed by atoms with E-state index in [1.54, 1.807) is 13.3 Å². The number of para-hydroxylation sites is 1. The molecule has 2 aromatic rings. The van der Waals surface area contributed by atoms with E-state index in [1.807, 2.05) is 36.0 Å². The molecule has 2 rings (SSSR count). The molecule has 0 fully saturated rings. The lowest BCUT2D eigenvalue weighted by Gasteiger charge is -2.12. The number of nitrogens with zero attached hydrogens (tertiary/aromatic N) is 2. The van der Waals surface area contributed by atoms with E-state index in [1.165, 1.54) is 0 Å². The highest BCUT2D eigenvalue weighted by molar-refractivity contribution is 5.33. The molecular weight excluding hydrogens is 254 g/mol. The van der Waals surface area contributed by atoms with Gasteiger partial charge in [0.15, 0.2) is 0 Å². The Morgan fingerprint density at radius 2 is 2.15 bits per heavy atom. The monoisotopic (exact) mass is 275 g/mol. The molecule has 5 nitrogen and oxygen atoms in total. The normalized spacial score (nSPS) is 10.7. The molecule has 20 heavy (non-hydrogen) atoms. The molecule has 0 radical (unpaired) electrons. The summed E-state index contributed by atoms with van der Waals surface area (Å²) in [6.45, 7) is 2.76. The molecule has 0 aliphatic rings. The zero-order chi connectivity index (χ0) is 14.2. The summed E-state index contributed by atoms with van der Waals surface area (Å²) in [6.07, 6.45) is 3.69. The van der Waals surface area contributed by atoms with Crippen LogP contribution in [-0.4, -0.2) is 29.8 Å². The van der Waals surface area contributed by atoms with Crippen molar-refractivity contribution in [3.8, 4) is 5.75 Å².